The van der Waals surface area contributed by atoms with Crippen LogP contribution in [0.1, 0.15) is 61.5 Å². The van der Waals surface area contributed by atoms with E-state index in [2.05, 4.69) is 10.6 Å². The van der Waals surface area contributed by atoms with E-state index < -0.39 is 23.8 Å². The van der Waals surface area contributed by atoms with Crippen molar-refractivity contribution in [2.75, 3.05) is 44.0 Å². The Morgan fingerprint density at radius 2 is 1.74 bits per heavy atom. The van der Waals surface area contributed by atoms with E-state index in [1.807, 2.05) is 68.3 Å². The maximum absolute atomic E-state index is 14.5. The van der Waals surface area contributed by atoms with Crippen LogP contribution in [0, 0.1) is 5.92 Å². The number of amides is 3. The van der Waals surface area contributed by atoms with Crippen molar-refractivity contribution in [1.29, 1.82) is 0 Å². The topological polar surface area (TPSA) is 103 Å². The Balaban J connectivity index is 1.36. The zero-order chi connectivity index (χ0) is 38.1. The summed E-state index contributed by atoms with van der Waals surface area (Å²) in [5.41, 5.74) is 1.33. The molecule has 9 nitrogen and oxygen atoms in total. The van der Waals surface area contributed by atoms with Gasteiger partial charge in [0.05, 0.1) is 41.7 Å². The third-order valence-corrected chi connectivity index (χ3v) is 9.57. The highest BCUT2D eigenvalue weighted by molar-refractivity contribution is 6.07. The molecule has 0 bridgehead atoms. The first-order valence-corrected chi connectivity index (χ1v) is 18.1. The Labute approximate surface area is 309 Å². The van der Waals surface area contributed by atoms with Crippen molar-refractivity contribution in [1.82, 2.24) is 9.80 Å². The molecule has 1 aliphatic rings. The molecule has 0 aliphatic carbocycles. The fraction of sp³-hybridized carbons (Fsp3) is 0.415. The monoisotopic (exact) mass is 734 g/mol. The maximum Gasteiger partial charge on any atom is 0.416 e. The number of aliphatic hydroxyl groups excluding tert-OH is 1. The van der Waals surface area contributed by atoms with E-state index in [1.165, 1.54) is 12.1 Å². The van der Waals surface area contributed by atoms with Gasteiger partial charge in [0.15, 0.2) is 0 Å². The van der Waals surface area contributed by atoms with Gasteiger partial charge in [0.25, 0.3) is 5.91 Å². The van der Waals surface area contributed by atoms with Crippen LogP contribution in [0.5, 0.6) is 5.75 Å². The van der Waals surface area contributed by atoms with Gasteiger partial charge in [-0.15, -0.1) is 0 Å². The number of rotatable bonds is 8. The largest absolute Gasteiger partial charge is 0.490 e. The first kappa shape index (κ1) is 39.6. The number of carbonyl (C=O) groups excluding carboxylic acids is 2. The number of nitrogens with zero attached hydrogens (tertiary/aromatic N) is 2. The second kappa shape index (κ2) is 17.9. The molecule has 12 heteroatoms. The predicted molar refractivity (Wildman–Crippen MR) is 201 cm³/mol. The Morgan fingerprint density at radius 1 is 1.00 bits per heavy atom. The number of alkyl halides is 3. The number of ether oxygens (including phenoxy) is 2. The van der Waals surface area contributed by atoms with Crippen LogP contribution in [0.15, 0.2) is 84.9 Å². The van der Waals surface area contributed by atoms with E-state index in [0.29, 0.717) is 36.8 Å². The molecule has 4 aromatic carbocycles. The highest BCUT2D eigenvalue weighted by Crippen LogP contribution is 2.31. The van der Waals surface area contributed by atoms with Gasteiger partial charge in [-0.25, -0.2) is 4.79 Å². The molecule has 0 spiro atoms. The first-order chi connectivity index (χ1) is 25.3. The van der Waals surface area contributed by atoms with Crippen molar-refractivity contribution in [3.05, 3.63) is 102 Å². The number of likely N-dealkylation sites (N-methyl/N-ethyl adjacent to an activating group) is 1. The van der Waals surface area contributed by atoms with Crippen molar-refractivity contribution < 1.29 is 37.3 Å². The molecule has 1 heterocycles. The first-order valence-electron chi connectivity index (χ1n) is 18.1. The summed E-state index contributed by atoms with van der Waals surface area (Å²) in [5.74, 6) is -0.180. The fourth-order valence-corrected chi connectivity index (χ4v) is 6.56. The minimum absolute atomic E-state index is 0.193. The summed E-state index contributed by atoms with van der Waals surface area (Å²) < 4.78 is 52.1. The van der Waals surface area contributed by atoms with Gasteiger partial charge in [0.2, 0.25) is 0 Å². The molecule has 4 atom stereocenters. The quantitative estimate of drug-likeness (QED) is 0.168. The lowest BCUT2D eigenvalue weighted by atomic mass is 10.0. The number of fused-ring (bicyclic) bond motifs is 2. The van der Waals surface area contributed by atoms with Gasteiger partial charge in [-0.3, -0.25) is 9.69 Å². The van der Waals surface area contributed by atoms with Gasteiger partial charge >= 0.3 is 12.2 Å². The smallest absolute Gasteiger partial charge is 0.416 e. The maximum atomic E-state index is 14.5. The molecule has 0 aromatic heterocycles. The standard InChI is InChI=1S/C41H49F3N4O5/c1-27-23-48(28(2)26-49)39(50)35-22-33(45-40(51)46-36-14-9-12-31-11-5-6-13-34(31)36)19-20-37(35)53-29(3)10-7-8-21-52-38(27)25-47(4)24-30-15-17-32(18-16-30)41(42,43)44/h5-6,9,11-20,22,27-29,38,49H,7-8,10,21,23-26H2,1-4H3,(H2,45,46,51)/t27-,28+,29+,38-/m1/s1. The molecule has 0 radical (unpaired) electrons. The van der Waals surface area contributed by atoms with Crippen LogP contribution in [-0.2, 0) is 17.5 Å². The van der Waals surface area contributed by atoms with Crippen LogP contribution in [0.4, 0.5) is 29.3 Å². The fourth-order valence-electron chi connectivity index (χ4n) is 6.56. The summed E-state index contributed by atoms with van der Waals surface area (Å²) in [6, 6.07) is 22.5. The number of anilines is 2. The van der Waals surface area contributed by atoms with Crippen molar-refractivity contribution in [3.63, 3.8) is 0 Å². The molecule has 0 saturated heterocycles. The molecule has 3 amide bonds. The van der Waals surface area contributed by atoms with Crippen LogP contribution in [0.25, 0.3) is 10.8 Å². The highest BCUT2D eigenvalue weighted by Gasteiger charge is 2.32. The average molecular weight is 735 g/mol. The Hall–Kier alpha value is -4.65. The molecule has 1 aliphatic heterocycles. The minimum atomic E-state index is -4.40. The third kappa shape index (κ3) is 10.7. The molecule has 0 saturated carbocycles. The van der Waals surface area contributed by atoms with Crippen LogP contribution >= 0.6 is 0 Å². The number of hydrogen-bond acceptors (Lipinski definition) is 6. The number of aliphatic hydroxyl groups is 1. The number of carbonyl (C=O) groups is 2. The van der Waals surface area contributed by atoms with E-state index in [-0.39, 0.29) is 42.7 Å². The normalized spacial score (nSPS) is 19.6. The molecule has 284 valence electrons. The van der Waals surface area contributed by atoms with Crippen LogP contribution in [0.2, 0.25) is 0 Å². The van der Waals surface area contributed by atoms with Crippen LogP contribution < -0.4 is 15.4 Å². The van der Waals surface area contributed by atoms with Crippen LogP contribution in [-0.4, -0.2) is 78.4 Å². The number of benzene rings is 4. The van der Waals surface area contributed by atoms with Gasteiger partial charge in [-0.2, -0.15) is 13.2 Å². The summed E-state index contributed by atoms with van der Waals surface area (Å²) >= 11 is 0. The SMILES string of the molecule is C[C@@H]1CN([C@@H](C)CO)C(=O)c2cc(NC(=O)Nc3cccc4ccccc34)ccc2O[C@@H](C)CCCCO[C@@H]1CN(C)Cc1ccc(C(F)(F)F)cc1. The Bertz CT molecular complexity index is 1830. The van der Waals surface area contributed by atoms with Crippen molar-refractivity contribution >= 4 is 34.1 Å². The molecular weight excluding hydrogens is 685 g/mol. The summed E-state index contributed by atoms with van der Waals surface area (Å²) in [4.78, 5) is 31.3. The highest BCUT2D eigenvalue weighted by atomic mass is 19.4. The number of hydrogen-bond donors (Lipinski definition) is 3. The predicted octanol–water partition coefficient (Wildman–Crippen LogP) is 8.43. The Kier molecular flexibility index (Phi) is 13.4. The number of halogens is 3. The Morgan fingerprint density at radius 3 is 2.47 bits per heavy atom. The van der Waals surface area contributed by atoms with E-state index in [9.17, 15) is 27.9 Å². The van der Waals surface area contributed by atoms with Gasteiger partial charge in [0, 0.05) is 43.2 Å². The number of nitrogens with one attached hydrogen (secondary N) is 2. The minimum Gasteiger partial charge on any atom is -0.490 e. The van der Waals surface area contributed by atoms with Crippen molar-refractivity contribution in [3.8, 4) is 5.75 Å². The lowest BCUT2D eigenvalue weighted by Gasteiger charge is -2.36. The molecule has 4 aromatic rings. The molecule has 0 unspecified atom stereocenters. The average Bonchev–Trinajstić information content (AvgIpc) is 3.12. The zero-order valence-corrected chi connectivity index (χ0v) is 30.7. The van der Waals surface area contributed by atoms with E-state index in [0.717, 1.165) is 47.7 Å². The van der Waals surface area contributed by atoms with E-state index in [4.69, 9.17) is 9.47 Å². The zero-order valence-electron chi connectivity index (χ0n) is 30.7. The summed E-state index contributed by atoms with van der Waals surface area (Å²) in [7, 11) is 1.89. The van der Waals surface area contributed by atoms with E-state index >= 15 is 0 Å². The molecule has 3 N–H and O–H groups in total. The van der Waals surface area contributed by atoms with E-state index in [1.54, 1.807) is 30.0 Å². The molecule has 5 rings (SSSR count). The van der Waals surface area contributed by atoms with Gasteiger partial charge in [-0.05, 0) is 87.5 Å². The summed E-state index contributed by atoms with van der Waals surface area (Å²) in [6.45, 7) is 7.03. The lowest BCUT2D eigenvalue weighted by Crippen LogP contribution is -2.47. The second-order valence-corrected chi connectivity index (χ2v) is 14.0. The summed E-state index contributed by atoms with van der Waals surface area (Å²) in [6.07, 6.45) is -2.60. The molecule has 0 fully saturated rings. The number of urea groups is 1. The molecular formula is C41H49F3N4O5. The van der Waals surface area contributed by atoms with Gasteiger partial charge in [0.1, 0.15) is 5.75 Å². The summed E-state index contributed by atoms with van der Waals surface area (Å²) in [5, 5.41) is 17.9. The van der Waals surface area contributed by atoms with Crippen LogP contribution in [0.3, 0.4) is 0 Å². The second-order valence-electron chi connectivity index (χ2n) is 14.0. The third-order valence-electron chi connectivity index (χ3n) is 9.57. The lowest BCUT2D eigenvalue weighted by molar-refractivity contribution is -0.137. The van der Waals surface area contributed by atoms with Crippen molar-refractivity contribution in [2.24, 2.45) is 5.92 Å². The van der Waals surface area contributed by atoms with Gasteiger partial charge < -0.3 is 30.1 Å². The van der Waals surface area contributed by atoms with Crippen molar-refractivity contribution in [2.45, 2.75) is 71.0 Å². The van der Waals surface area contributed by atoms with Gasteiger partial charge in [-0.1, -0.05) is 55.5 Å². The molecule has 53 heavy (non-hydrogen) atoms.